The highest BCUT2D eigenvalue weighted by atomic mass is 32.2. The summed E-state index contributed by atoms with van der Waals surface area (Å²) in [7, 11) is 3.20. The lowest BCUT2D eigenvalue weighted by molar-refractivity contribution is -0.671. The smallest absolute Gasteiger partial charge is 0.352 e. The second kappa shape index (κ2) is 10.9. The Labute approximate surface area is 230 Å². The summed E-state index contributed by atoms with van der Waals surface area (Å²) in [5.74, 6) is -2.15. The van der Waals surface area contributed by atoms with Gasteiger partial charge in [-0.2, -0.15) is 0 Å². The highest BCUT2D eigenvalue weighted by Gasteiger charge is 2.54. The summed E-state index contributed by atoms with van der Waals surface area (Å²) in [6, 6.07) is 2.94. The van der Waals surface area contributed by atoms with Crippen LogP contribution in [0.3, 0.4) is 0 Å². The van der Waals surface area contributed by atoms with Crippen LogP contribution in [0.15, 0.2) is 63.6 Å². The average molecular weight is 571 g/mol. The summed E-state index contributed by atoms with van der Waals surface area (Å²) in [5.41, 5.74) is 7.80. The molecule has 15 heteroatoms. The van der Waals surface area contributed by atoms with E-state index < -0.39 is 29.2 Å². The number of rotatable bonds is 8. The monoisotopic (exact) mass is 570 g/mol. The molecule has 3 aliphatic rings. The van der Waals surface area contributed by atoms with Gasteiger partial charge in [-0.3, -0.25) is 14.5 Å². The number of oxime groups is 2. The van der Waals surface area contributed by atoms with Gasteiger partial charge >= 0.3 is 5.97 Å². The molecular weight excluding hydrogens is 546 g/mol. The number of pyridine rings is 1. The Hall–Kier alpha value is -4.24. The maximum Gasteiger partial charge on any atom is 0.352 e. The number of carbonyl (C=O) groups excluding carboxylic acids is 2. The van der Waals surface area contributed by atoms with E-state index in [-0.39, 0.29) is 28.3 Å². The zero-order valence-corrected chi connectivity index (χ0v) is 22.4. The van der Waals surface area contributed by atoms with Crippen LogP contribution in [-0.2, 0) is 31.1 Å². The van der Waals surface area contributed by atoms with Crippen LogP contribution in [0.25, 0.3) is 0 Å². The molecule has 3 aliphatic heterocycles. The molecule has 0 aliphatic carbocycles. The summed E-state index contributed by atoms with van der Waals surface area (Å²) >= 11 is 2.47. The Morgan fingerprint density at radius 3 is 2.82 bits per heavy atom. The van der Waals surface area contributed by atoms with Crippen LogP contribution in [0.4, 0.5) is 5.13 Å². The van der Waals surface area contributed by atoms with Gasteiger partial charge in [0, 0.05) is 35.2 Å². The lowest BCUT2D eigenvalue weighted by Crippen LogP contribution is -2.71. The average Bonchev–Trinajstić information content (AvgIpc) is 3.57. The van der Waals surface area contributed by atoms with Crippen LogP contribution in [0.1, 0.15) is 17.7 Å². The first-order valence-corrected chi connectivity index (χ1v) is 13.6. The fourth-order valence-electron chi connectivity index (χ4n) is 4.26. The van der Waals surface area contributed by atoms with Gasteiger partial charge in [-0.25, -0.2) is 14.3 Å². The molecule has 39 heavy (non-hydrogen) atoms. The van der Waals surface area contributed by atoms with E-state index in [0.29, 0.717) is 17.7 Å². The second-order valence-electron chi connectivity index (χ2n) is 8.73. The molecular formula is C24H24N7O6S2+. The van der Waals surface area contributed by atoms with Gasteiger partial charge in [0.1, 0.15) is 37.0 Å². The van der Waals surface area contributed by atoms with Crippen molar-refractivity contribution in [2.75, 3.05) is 18.6 Å². The van der Waals surface area contributed by atoms with Crippen LogP contribution in [0.2, 0.25) is 0 Å². The standard InChI is InChI=1S/C24H23N7O6S2/c1-30-7-5-12(6-8-30)15-9-14(37-28-15)4-3-13-10-38-22-18(21(33)31(22)19(13)23(34)35)27-20(32)17(29-36-2)16-11-39-24(25)26-16/h3-8,11,14,18,22H,9-10H2,1-2H3,(H3-,25,26,27,32,34,35)/p+1/b4-3+,29-17-/t14?,18-,22-/m1/s1. The number of carboxylic acid groups (broad SMARTS) is 1. The summed E-state index contributed by atoms with van der Waals surface area (Å²) in [4.78, 5) is 53.6. The number of amides is 2. The highest BCUT2D eigenvalue weighted by molar-refractivity contribution is 8.00. The molecule has 0 bridgehead atoms. The number of thioether (sulfide) groups is 1. The number of fused-ring (bicyclic) bond motifs is 1. The van der Waals surface area contributed by atoms with E-state index in [1.807, 2.05) is 36.1 Å². The number of aromatic nitrogens is 2. The van der Waals surface area contributed by atoms with Gasteiger partial charge in [-0.15, -0.1) is 23.1 Å². The van der Waals surface area contributed by atoms with Crippen LogP contribution in [-0.4, -0.2) is 74.6 Å². The first-order chi connectivity index (χ1) is 18.8. The quantitative estimate of drug-likeness (QED) is 0.176. The van der Waals surface area contributed by atoms with Crippen molar-refractivity contribution in [3.8, 4) is 0 Å². The number of aliphatic carboxylic acids is 1. The number of nitrogens with one attached hydrogen (secondary N) is 1. The number of anilines is 1. The van der Waals surface area contributed by atoms with E-state index in [1.54, 1.807) is 17.5 Å². The maximum atomic E-state index is 13.0. The lowest BCUT2D eigenvalue weighted by atomic mass is 10.0. The predicted octanol–water partition coefficient (Wildman–Crippen LogP) is 0.388. The van der Waals surface area contributed by atoms with E-state index >= 15 is 0 Å². The number of carbonyl (C=O) groups is 3. The van der Waals surface area contributed by atoms with E-state index in [9.17, 15) is 19.5 Å². The molecule has 1 saturated heterocycles. The highest BCUT2D eigenvalue weighted by Crippen LogP contribution is 2.40. The number of hydrogen-bond acceptors (Lipinski definition) is 11. The van der Waals surface area contributed by atoms with E-state index in [1.165, 1.54) is 23.8 Å². The Kier molecular flexibility index (Phi) is 7.34. The zero-order chi connectivity index (χ0) is 27.7. The zero-order valence-electron chi connectivity index (χ0n) is 20.8. The van der Waals surface area contributed by atoms with Gasteiger partial charge in [-0.1, -0.05) is 16.4 Å². The molecule has 0 aromatic carbocycles. The lowest BCUT2D eigenvalue weighted by Gasteiger charge is -2.49. The van der Waals surface area contributed by atoms with E-state index in [2.05, 4.69) is 20.6 Å². The molecule has 5 rings (SSSR count). The van der Waals surface area contributed by atoms with Crippen molar-refractivity contribution in [2.24, 2.45) is 17.4 Å². The minimum Gasteiger partial charge on any atom is -0.477 e. The van der Waals surface area contributed by atoms with Crippen LogP contribution >= 0.6 is 23.1 Å². The molecule has 2 aromatic rings. The minimum atomic E-state index is -1.24. The molecule has 0 spiro atoms. The summed E-state index contributed by atoms with van der Waals surface area (Å²) in [6.07, 6.45) is 7.41. The summed E-state index contributed by atoms with van der Waals surface area (Å²) < 4.78 is 1.92. The molecule has 5 heterocycles. The third-order valence-corrected chi connectivity index (χ3v) is 8.14. The number of β-lactam (4-membered cyclic amide) rings is 1. The van der Waals surface area contributed by atoms with Crippen molar-refractivity contribution in [1.29, 1.82) is 0 Å². The molecule has 2 amide bonds. The molecule has 1 unspecified atom stereocenters. The molecule has 0 radical (unpaired) electrons. The number of allylic oxidation sites excluding steroid dienone is 1. The van der Waals surface area contributed by atoms with Gasteiger partial charge in [0.2, 0.25) is 0 Å². The maximum absolute atomic E-state index is 13.0. The van der Waals surface area contributed by atoms with Crippen molar-refractivity contribution >= 4 is 57.4 Å². The molecule has 4 N–H and O–H groups in total. The molecule has 3 atom stereocenters. The fraction of sp³-hybridized carbons (Fsp3) is 0.292. The van der Waals surface area contributed by atoms with Gasteiger partial charge in [0.15, 0.2) is 29.3 Å². The molecule has 1 fully saturated rings. The topological polar surface area (TPSA) is 173 Å². The SMILES string of the molecule is CO/N=C(\C(=O)N[C@@H]1C(=O)N2C(C(=O)O)=C(/C=C/C3CC(c4cc[n+](C)cc4)=NO3)CS[C@H]12)c1csc(N)n1. The number of hydrogen-bond donors (Lipinski definition) is 3. The normalized spacial score (nSPS) is 22.8. The van der Waals surface area contributed by atoms with Gasteiger partial charge < -0.3 is 25.8 Å². The summed E-state index contributed by atoms with van der Waals surface area (Å²) in [5, 5.41) is 21.6. The summed E-state index contributed by atoms with van der Waals surface area (Å²) in [6.45, 7) is 0. The Morgan fingerprint density at radius 2 is 2.15 bits per heavy atom. The number of aryl methyl sites for hydroxylation is 1. The second-order valence-corrected chi connectivity index (χ2v) is 10.7. The Balaban J connectivity index is 1.27. The van der Waals surface area contributed by atoms with Crippen molar-refractivity contribution in [2.45, 2.75) is 23.9 Å². The van der Waals surface area contributed by atoms with Crippen molar-refractivity contribution < 1.29 is 33.7 Å². The van der Waals surface area contributed by atoms with E-state index in [0.717, 1.165) is 22.6 Å². The molecule has 13 nitrogen and oxygen atoms in total. The van der Waals surface area contributed by atoms with Gasteiger partial charge in [0.05, 0.1) is 5.71 Å². The first-order valence-electron chi connectivity index (χ1n) is 11.7. The first kappa shape index (κ1) is 26.4. The number of nitrogens with zero attached hydrogens (tertiary/aromatic N) is 5. The molecule has 2 aromatic heterocycles. The van der Waals surface area contributed by atoms with Crippen molar-refractivity contribution in [3.63, 3.8) is 0 Å². The van der Waals surface area contributed by atoms with Crippen LogP contribution in [0.5, 0.6) is 0 Å². The largest absolute Gasteiger partial charge is 0.477 e. The molecule has 202 valence electrons. The fourth-order valence-corrected chi connectivity index (χ4v) is 6.13. The Bertz CT molecular complexity index is 1450. The number of carboxylic acids is 1. The van der Waals surface area contributed by atoms with Crippen LogP contribution in [0, 0.1) is 0 Å². The third kappa shape index (κ3) is 5.22. The molecule has 0 saturated carbocycles. The predicted molar refractivity (Wildman–Crippen MR) is 143 cm³/mol. The minimum absolute atomic E-state index is 0.127. The number of nitrogens with two attached hydrogens (primary N) is 1. The Morgan fingerprint density at radius 1 is 1.38 bits per heavy atom. The van der Waals surface area contributed by atoms with Gasteiger partial charge in [0.25, 0.3) is 11.8 Å². The third-order valence-electron chi connectivity index (χ3n) is 6.17. The van der Waals surface area contributed by atoms with Gasteiger partial charge in [-0.05, 0) is 11.6 Å². The van der Waals surface area contributed by atoms with E-state index in [4.69, 9.17) is 15.4 Å². The number of nitrogen functional groups attached to an aromatic ring is 1. The van der Waals surface area contributed by atoms with Crippen LogP contribution < -0.4 is 15.6 Å². The van der Waals surface area contributed by atoms with Crippen molar-refractivity contribution in [3.05, 3.63) is 64.6 Å². The number of thiazole rings is 1. The van der Waals surface area contributed by atoms with Crippen molar-refractivity contribution in [1.82, 2.24) is 15.2 Å².